The monoisotopic (exact) mass is 376 g/mol. The Morgan fingerprint density at radius 1 is 1.15 bits per heavy atom. The van der Waals surface area contributed by atoms with Crippen molar-refractivity contribution in [1.82, 2.24) is 19.8 Å². The van der Waals surface area contributed by atoms with Gasteiger partial charge < -0.3 is 14.6 Å². The van der Waals surface area contributed by atoms with Gasteiger partial charge in [-0.2, -0.15) is 9.36 Å². The second kappa shape index (κ2) is 7.49. The summed E-state index contributed by atoms with van der Waals surface area (Å²) in [7, 11) is 1.52. The summed E-state index contributed by atoms with van der Waals surface area (Å²) in [6, 6.07) is 9.71. The predicted molar refractivity (Wildman–Crippen MR) is 95.2 cm³/mol. The van der Waals surface area contributed by atoms with E-state index in [-0.39, 0.29) is 23.1 Å². The zero-order valence-electron chi connectivity index (χ0n) is 14.2. The predicted octanol–water partition coefficient (Wildman–Crippen LogP) is 2.30. The number of aryl methyl sites for hydroxylation is 1. The number of halogens is 1. The molecular formula is C17H17ClN4O4. The summed E-state index contributed by atoms with van der Waals surface area (Å²) in [5.41, 5.74) is 0.743. The van der Waals surface area contributed by atoms with Gasteiger partial charge in [-0.3, -0.25) is 0 Å². The summed E-state index contributed by atoms with van der Waals surface area (Å²) in [5.74, 6) is 1.01. The first-order valence-corrected chi connectivity index (χ1v) is 8.24. The Kier molecular flexibility index (Phi) is 5.13. The standard InChI is InChI=1S/C17H17ClN4O4/c1-3-25-15-6-4-5-14(22-17(24)21(2)19-20-22)12(15)10-26-16-8-7-11(23)9-13(16)18/h4-9,23H,3,10H2,1-2H3. The third kappa shape index (κ3) is 3.50. The number of nitrogens with zero attached hydrogens (tertiary/aromatic N) is 4. The Hall–Kier alpha value is -3.00. The maximum absolute atomic E-state index is 12.2. The summed E-state index contributed by atoms with van der Waals surface area (Å²) in [6.45, 7) is 2.40. The van der Waals surface area contributed by atoms with E-state index in [0.29, 0.717) is 29.4 Å². The molecule has 2 aromatic carbocycles. The second-order valence-electron chi connectivity index (χ2n) is 5.39. The highest BCUT2D eigenvalue weighted by molar-refractivity contribution is 6.32. The Balaban J connectivity index is 2.00. The number of aromatic nitrogens is 4. The first-order chi connectivity index (χ1) is 12.5. The van der Waals surface area contributed by atoms with Gasteiger partial charge in [-0.15, -0.1) is 0 Å². The van der Waals surface area contributed by atoms with Crippen molar-refractivity contribution in [3.05, 3.63) is 57.5 Å². The Morgan fingerprint density at radius 2 is 1.96 bits per heavy atom. The van der Waals surface area contributed by atoms with Crippen LogP contribution in [0.15, 0.2) is 41.2 Å². The van der Waals surface area contributed by atoms with Crippen molar-refractivity contribution in [2.45, 2.75) is 13.5 Å². The first kappa shape index (κ1) is 17.8. The zero-order chi connectivity index (χ0) is 18.7. The number of rotatable bonds is 6. The van der Waals surface area contributed by atoms with E-state index < -0.39 is 0 Å². The van der Waals surface area contributed by atoms with Gasteiger partial charge in [0.15, 0.2) is 0 Å². The fourth-order valence-electron chi connectivity index (χ4n) is 2.41. The molecular weight excluding hydrogens is 360 g/mol. The molecule has 0 aliphatic carbocycles. The molecule has 0 saturated heterocycles. The molecule has 3 rings (SSSR count). The third-order valence-corrected chi connectivity index (χ3v) is 3.94. The SMILES string of the molecule is CCOc1cccc(-n2nnn(C)c2=O)c1COc1ccc(O)cc1Cl. The van der Waals surface area contributed by atoms with Crippen LogP contribution < -0.4 is 15.2 Å². The van der Waals surface area contributed by atoms with Crippen molar-refractivity contribution in [2.24, 2.45) is 7.05 Å². The van der Waals surface area contributed by atoms with Crippen LogP contribution in [-0.4, -0.2) is 31.5 Å². The molecule has 0 radical (unpaired) electrons. The van der Waals surface area contributed by atoms with E-state index in [1.807, 2.05) is 6.92 Å². The van der Waals surface area contributed by atoms with E-state index in [1.165, 1.54) is 23.9 Å². The molecule has 0 saturated carbocycles. The summed E-state index contributed by atoms with van der Waals surface area (Å²) < 4.78 is 13.8. The number of hydrogen-bond donors (Lipinski definition) is 1. The Bertz CT molecular complexity index is 983. The number of ether oxygens (including phenoxy) is 2. The molecule has 136 valence electrons. The molecule has 9 heteroatoms. The van der Waals surface area contributed by atoms with Crippen LogP contribution in [0.2, 0.25) is 5.02 Å². The van der Waals surface area contributed by atoms with E-state index in [1.54, 1.807) is 24.3 Å². The Morgan fingerprint density at radius 3 is 2.62 bits per heavy atom. The first-order valence-electron chi connectivity index (χ1n) is 7.86. The lowest BCUT2D eigenvalue weighted by Crippen LogP contribution is -2.23. The van der Waals surface area contributed by atoms with Crippen LogP contribution >= 0.6 is 11.6 Å². The minimum Gasteiger partial charge on any atom is -0.508 e. The molecule has 0 unspecified atom stereocenters. The number of phenolic OH excluding ortho intramolecular Hbond substituents is 1. The highest BCUT2D eigenvalue weighted by atomic mass is 35.5. The third-order valence-electron chi connectivity index (χ3n) is 3.65. The van der Waals surface area contributed by atoms with E-state index in [9.17, 15) is 9.90 Å². The normalized spacial score (nSPS) is 10.7. The van der Waals surface area contributed by atoms with Crippen LogP contribution in [0.5, 0.6) is 17.2 Å². The van der Waals surface area contributed by atoms with Gasteiger partial charge in [0.25, 0.3) is 0 Å². The van der Waals surface area contributed by atoms with Crippen molar-refractivity contribution in [1.29, 1.82) is 0 Å². The molecule has 0 bridgehead atoms. The Labute approximate surface area is 154 Å². The molecule has 8 nitrogen and oxygen atoms in total. The molecule has 0 aliphatic heterocycles. The number of hydrogen-bond acceptors (Lipinski definition) is 6. The van der Waals surface area contributed by atoms with E-state index in [0.717, 1.165) is 4.68 Å². The van der Waals surface area contributed by atoms with Crippen molar-refractivity contribution in [3.63, 3.8) is 0 Å². The van der Waals surface area contributed by atoms with Crippen molar-refractivity contribution in [3.8, 4) is 22.9 Å². The van der Waals surface area contributed by atoms with Crippen LogP contribution in [0.1, 0.15) is 12.5 Å². The summed E-state index contributed by atoms with van der Waals surface area (Å²) in [4.78, 5) is 12.2. The minimum atomic E-state index is -0.387. The van der Waals surface area contributed by atoms with Gasteiger partial charge in [-0.25, -0.2) is 4.79 Å². The molecule has 0 fully saturated rings. The van der Waals surface area contributed by atoms with Gasteiger partial charge in [0.2, 0.25) is 0 Å². The molecule has 1 aromatic heterocycles. The van der Waals surface area contributed by atoms with Gasteiger partial charge in [0, 0.05) is 13.1 Å². The van der Waals surface area contributed by atoms with Crippen LogP contribution in [0.3, 0.4) is 0 Å². The number of benzene rings is 2. The summed E-state index contributed by atoms with van der Waals surface area (Å²) >= 11 is 6.08. The second-order valence-corrected chi connectivity index (χ2v) is 5.79. The van der Waals surface area contributed by atoms with Crippen molar-refractivity contribution >= 4 is 11.6 Å². The lowest BCUT2D eigenvalue weighted by Gasteiger charge is -2.15. The highest BCUT2D eigenvalue weighted by Crippen LogP contribution is 2.31. The van der Waals surface area contributed by atoms with Crippen molar-refractivity contribution in [2.75, 3.05) is 6.61 Å². The van der Waals surface area contributed by atoms with Crippen LogP contribution in [0.4, 0.5) is 0 Å². The average Bonchev–Trinajstić information content (AvgIpc) is 2.94. The largest absolute Gasteiger partial charge is 0.508 e. The minimum absolute atomic E-state index is 0.0452. The van der Waals surface area contributed by atoms with E-state index in [4.69, 9.17) is 21.1 Å². The molecule has 0 amide bonds. The molecule has 1 N–H and O–H groups in total. The average molecular weight is 377 g/mol. The van der Waals surface area contributed by atoms with Crippen LogP contribution in [0.25, 0.3) is 5.69 Å². The molecule has 1 heterocycles. The number of tetrazole rings is 1. The topological polar surface area (TPSA) is 91.4 Å². The number of phenols is 1. The van der Waals surface area contributed by atoms with Crippen LogP contribution in [0, 0.1) is 0 Å². The quantitative estimate of drug-likeness (QED) is 0.709. The molecule has 0 spiro atoms. The smallest absolute Gasteiger partial charge is 0.368 e. The maximum Gasteiger partial charge on any atom is 0.368 e. The van der Waals surface area contributed by atoms with Gasteiger partial charge in [0.05, 0.1) is 22.9 Å². The molecule has 0 atom stereocenters. The van der Waals surface area contributed by atoms with Gasteiger partial charge in [-0.1, -0.05) is 17.7 Å². The van der Waals surface area contributed by atoms with Crippen LogP contribution in [-0.2, 0) is 13.7 Å². The summed E-state index contributed by atoms with van der Waals surface area (Å²) in [6.07, 6.45) is 0. The van der Waals surface area contributed by atoms with E-state index in [2.05, 4.69) is 10.4 Å². The lowest BCUT2D eigenvalue weighted by atomic mass is 10.1. The highest BCUT2D eigenvalue weighted by Gasteiger charge is 2.16. The summed E-state index contributed by atoms with van der Waals surface area (Å²) in [5, 5.41) is 17.3. The fourth-order valence-corrected chi connectivity index (χ4v) is 2.64. The van der Waals surface area contributed by atoms with Gasteiger partial charge >= 0.3 is 5.69 Å². The van der Waals surface area contributed by atoms with E-state index >= 15 is 0 Å². The van der Waals surface area contributed by atoms with Gasteiger partial charge in [0.1, 0.15) is 23.9 Å². The lowest BCUT2D eigenvalue weighted by molar-refractivity contribution is 0.285. The maximum atomic E-state index is 12.2. The molecule has 3 aromatic rings. The molecule has 26 heavy (non-hydrogen) atoms. The fraction of sp³-hybridized carbons (Fsp3) is 0.235. The van der Waals surface area contributed by atoms with Gasteiger partial charge in [-0.05, 0) is 41.6 Å². The van der Waals surface area contributed by atoms with Crippen molar-refractivity contribution < 1.29 is 14.6 Å². The number of aromatic hydroxyl groups is 1. The molecule has 0 aliphatic rings. The zero-order valence-corrected chi connectivity index (χ0v) is 15.0.